The monoisotopic (exact) mass is 527 g/mol. The summed E-state index contributed by atoms with van der Waals surface area (Å²) in [5.41, 5.74) is 1.73. The molecule has 0 saturated carbocycles. The highest BCUT2D eigenvalue weighted by Crippen LogP contribution is 2.26. The van der Waals surface area contributed by atoms with Crippen molar-refractivity contribution in [3.05, 3.63) is 63.6 Å². The Morgan fingerprint density at radius 2 is 1.68 bits per heavy atom. The number of unbranched alkanes of at least 4 members (excludes halogenated alkanes) is 1. The van der Waals surface area contributed by atoms with Crippen molar-refractivity contribution in [2.45, 2.75) is 46.2 Å². The molecule has 186 valence electrons. The lowest BCUT2D eigenvalue weighted by Crippen LogP contribution is -2.51. The van der Waals surface area contributed by atoms with E-state index in [1.165, 1.54) is 4.90 Å². The zero-order chi connectivity index (χ0) is 25.5. The first-order valence-corrected chi connectivity index (χ1v) is 13.6. The maximum atomic E-state index is 13.5. The van der Waals surface area contributed by atoms with E-state index in [0.717, 1.165) is 29.0 Å². The van der Waals surface area contributed by atoms with Crippen LogP contribution in [0.4, 0.5) is 5.69 Å². The fourth-order valence-corrected chi connectivity index (χ4v) is 4.66. The molecule has 1 atom stereocenters. The number of amides is 2. The van der Waals surface area contributed by atoms with Crippen molar-refractivity contribution in [1.29, 1.82) is 0 Å². The molecule has 0 radical (unpaired) electrons. The van der Waals surface area contributed by atoms with Crippen LogP contribution in [0.15, 0.2) is 42.5 Å². The van der Waals surface area contributed by atoms with Gasteiger partial charge in [-0.05, 0) is 61.7 Å². The summed E-state index contributed by atoms with van der Waals surface area (Å²) >= 11 is 12.0. The number of rotatable bonds is 11. The zero-order valence-corrected chi connectivity index (χ0v) is 22.2. The van der Waals surface area contributed by atoms with Crippen LogP contribution in [0.1, 0.15) is 37.8 Å². The molecule has 0 heterocycles. The SMILES string of the molecule is CCCCNC(=O)C(C)N(Cc1ccc(Cl)cc1)C(=O)CN(c1ccc(Cl)cc1C)S(C)(=O)=O. The topological polar surface area (TPSA) is 86.8 Å². The van der Waals surface area contributed by atoms with Crippen LogP contribution in [0, 0.1) is 6.92 Å². The van der Waals surface area contributed by atoms with Crippen LogP contribution < -0.4 is 9.62 Å². The van der Waals surface area contributed by atoms with E-state index in [0.29, 0.717) is 27.8 Å². The third kappa shape index (κ3) is 7.89. The van der Waals surface area contributed by atoms with Crippen LogP contribution in [-0.2, 0) is 26.2 Å². The van der Waals surface area contributed by atoms with Gasteiger partial charge in [0, 0.05) is 23.1 Å². The summed E-state index contributed by atoms with van der Waals surface area (Å²) in [5, 5.41) is 3.85. The summed E-state index contributed by atoms with van der Waals surface area (Å²) in [6, 6.07) is 10.9. The molecule has 2 aromatic carbocycles. The number of halogens is 2. The van der Waals surface area contributed by atoms with Gasteiger partial charge in [0.1, 0.15) is 12.6 Å². The molecule has 0 saturated heterocycles. The molecular formula is C24H31Cl2N3O4S. The van der Waals surface area contributed by atoms with Crippen molar-refractivity contribution >= 4 is 50.7 Å². The fourth-order valence-electron chi connectivity index (χ4n) is 3.40. The number of nitrogens with zero attached hydrogens (tertiary/aromatic N) is 2. The van der Waals surface area contributed by atoms with E-state index >= 15 is 0 Å². The van der Waals surface area contributed by atoms with E-state index in [-0.39, 0.29) is 12.5 Å². The van der Waals surface area contributed by atoms with Crippen molar-refractivity contribution < 1.29 is 18.0 Å². The number of sulfonamides is 1. The third-order valence-electron chi connectivity index (χ3n) is 5.37. The van der Waals surface area contributed by atoms with Gasteiger partial charge in [-0.25, -0.2) is 8.42 Å². The van der Waals surface area contributed by atoms with Crippen LogP contribution >= 0.6 is 23.2 Å². The first-order valence-electron chi connectivity index (χ1n) is 11.0. The van der Waals surface area contributed by atoms with Gasteiger partial charge in [-0.3, -0.25) is 13.9 Å². The Kier molecular flexibility index (Phi) is 10.2. The van der Waals surface area contributed by atoms with Gasteiger partial charge in [-0.1, -0.05) is 48.7 Å². The summed E-state index contributed by atoms with van der Waals surface area (Å²) < 4.78 is 26.3. The van der Waals surface area contributed by atoms with Crippen molar-refractivity contribution in [3.8, 4) is 0 Å². The number of carbonyl (C=O) groups excluding carboxylic acids is 2. The highest BCUT2D eigenvalue weighted by molar-refractivity contribution is 7.92. The van der Waals surface area contributed by atoms with Gasteiger partial charge in [-0.2, -0.15) is 0 Å². The summed E-state index contributed by atoms with van der Waals surface area (Å²) in [4.78, 5) is 27.6. The predicted molar refractivity (Wildman–Crippen MR) is 138 cm³/mol. The van der Waals surface area contributed by atoms with Crippen LogP contribution in [0.3, 0.4) is 0 Å². The molecule has 0 aliphatic heterocycles. The Balaban J connectivity index is 2.37. The van der Waals surface area contributed by atoms with Crippen molar-refractivity contribution in [2.24, 2.45) is 0 Å². The van der Waals surface area contributed by atoms with E-state index < -0.39 is 28.5 Å². The molecule has 0 fully saturated rings. The number of carbonyl (C=O) groups is 2. The Labute approximate surface area is 212 Å². The normalized spacial score (nSPS) is 12.2. The molecular weight excluding hydrogens is 497 g/mol. The standard InChI is InChI=1S/C24H31Cl2N3O4S/c1-5-6-13-27-24(31)18(3)28(15-19-7-9-20(25)10-8-19)23(30)16-29(34(4,32)33)22-12-11-21(26)14-17(22)2/h7-12,14,18H,5-6,13,15-16H2,1-4H3,(H,27,31). The smallest absolute Gasteiger partial charge is 0.244 e. The summed E-state index contributed by atoms with van der Waals surface area (Å²) in [5.74, 6) is -0.808. The summed E-state index contributed by atoms with van der Waals surface area (Å²) in [6.07, 6.45) is 2.78. The molecule has 2 amide bonds. The molecule has 2 rings (SSSR count). The van der Waals surface area contributed by atoms with Gasteiger partial charge in [0.05, 0.1) is 11.9 Å². The van der Waals surface area contributed by atoms with Crippen molar-refractivity contribution in [2.75, 3.05) is 23.7 Å². The Morgan fingerprint density at radius 3 is 2.24 bits per heavy atom. The quantitative estimate of drug-likeness (QED) is 0.438. The van der Waals surface area contributed by atoms with Crippen molar-refractivity contribution in [1.82, 2.24) is 10.2 Å². The van der Waals surface area contributed by atoms with Crippen LogP contribution in [0.5, 0.6) is 0 Å². The summed E-state index contributed by atoms with van der Waals surface area (Å²) in [6.45, 7) is 5.54. The molecule has 1 unspecified atom stereocenters. The second-order valence-corrected chi connectivity index (χ2v) is 10.9. The van der Waals surface area contributed by atoms with E-state index in [9.17, 15) is 18.0 Å². The van der Waals surface area contributed by atoms with E-state index in [4.69, 9.17) is 23.2 Å². The minimum Gasteiger partial charge on any atom is -0.354 e. The minimum atomic E-state index is -3.80. The molecule has 0 aromatic heterocycles. The van der Waals surface area contributed by atoms with Gasteiger partial charge in [-0.15, -0.1) is 0 Å². The first kappa shape index (κ1) is 28.0. The Hall–Kier alpha value is -2.29. The molecule has 0 aliphatic rings. The highest BCUT2D eigenvalue weighted by atomic mass is 35.5. The Morgan fingerprint density at radius 1 is 1.06 bits per heavy atom. The van der Waals surface area contributed by atoms with Crippen LogP contribution in [0.25, 0.3) is 0 Å². The number of hydrogen-bond donors (Lipinski definition) is 1. The maximum absolute atomic E-state index is 13.5. The fraction of sp³-hybridized carbons (Fsp3) is 0.417. The molecule has 7 nitrogen and oxygen atoms in total. The number of hydrogen-bond acceptors (Lipinski definition) is 4. The zero-order valence-electron chi connectivity index (χ0n) is 19.8. The first-order chi connectivity index (χ1) is 15.9. The second-order valence-electron chi connectivity index (χ2n) is 8.17. The average molecular weight is 529 g/mol. The lowest BCUT2D eigenvalue weighted by Gasteiger charge is -2.32. The maximum Gasteiger partial charge on any atom is 0.244 e. The number of nitrogens with one attached hydrogen (secondary N) is 1. The van der Waals surface area contributed by atoms with Gasteiger partial charge in [0.15, 0.2) is 0 Å². The van der Waals surface area contributed by atoms with Crippen LogP contribution in [-0.4, -0.2) is 50.5 Å². The molecule has 2 aromatic rings. The lowest BCUT2D eigenvalue weighted by atomic mass is 10.1. The Bertz CT molecular complexity index is 1110. The second kappa shape index (κ2) is 12.4. The molecule has 1 N–H and O–H groups in total. The summed E-state index contributed by atoms with van der Waals surface area (Å²) in [7, 11) is -3.80. The van der Waals surface area contributed by atoms with Crippen LogP contribution in [0.2, 0.25) is 10.0 Å². The average Bonchev–Trinajstić information content (AvgIpc) is 2.76. The van der Waals surface area contributed by atoms with Gasteiger partial charge >= 0.3 is 0 Å². The minimum absolute atomic E-state index is 0.121. The van der Waals surface area contributed by atoms with E-state index in [2.05, 4.69) is 5.32 Å². The lowest BCUT2D eigenvalue weighted by molar-refractivity contribution is -0.139. The molecule has 34 heavy (non-hydrogen) atoms. The number of anilines is 1. The highest BCUT2D eigenvalue weighted by Gasteiger charge is 2.30. The largest absolute Gasteiger partial charge is 0.354 e. The molecule has 0 spiro atoms. The van der Waals surface area contributed by atoms with Gasteiger partial charge in [0.25, 0.3) is 0 Å². The molecule has 0 aliphatic carbocycles. The molecule has 10 heteroatoms. The number of benzene rings is 2. The third-order valence-corrected chi connectivity index (χ3v) is 6.98. The van der Waals surface area contributed by atoms with Crippen molar-refractivity contribution in [3.63, 3.8) is 0 Å². The van der Waals surface area contributed by atoms with Gasteiger partial charge < -0.3 is 10.2 Å². The van der Waals surface area contributed by atoms with Gasteiger partial charge in [0.2, 0.25) is 21.8 Å². The van der Waals surface area contributed by atoms with E-state index in [1.54, 1.807) is 56.3 Å². The predicted octanol–water partition coefficient (Wildman–Crippen LogP) is 4.40. The number of aryl methyl sites for hydroxylation is 1. The van der Waals surface area contributed by atoms with E-state index in [1.807, 2.05) is 6.92 Å². The molecule has 0 bridgehead atoms.